The van der Waals surface area contributed by atoms with Crippen LogP contribution >= 0.6 is 0 Å². The molecule has 92 valence electrons. The number of alkyl halides is 2. The van der Waals surface area contributed by atoms with E-state index in [1.54, 1.807) is 0 Å². The molecule has 0 amide bonds. The lowest BCUT2D eigenvalue weighted by molar-refractivity contribution is 0.0530. The predicted octanol–water partition coefficient (Wildman–Crippen LogP) is 3.09. The monoisotopic (exact) mass is 237 g/mol. The second-order valence-electron chi connectivity index (χ2n) is 5.39. The maximum atomic E-state index is 13.7. The molecule has 1 nitrogen and oxygen atoms in total. The number of aryl methyl sites for hydroxylation is 1. The number of halogens is 2. The van der Waals surface area contributed by atoms with Gasteiger partial charge in [-0.1, -0.05) is 24.3 Å². The molecule has 2 atom stereocenters. The molecule has 2 unspecified atom stereocenters. The van der Waals surface area contributed by atoms with Crippen molar-refractivity contribution in [2.75, 3.05) is 6.54 Å². The molecule has 17 heavy (non-hydrogen) atoms. The quantitative estimate of drug-likeness (QED) is 0.840. The first-order valence-electron chi connectivity index (χ1n) is 6.26. The molecule has 0 bridgehead atoms. The van der Waals surface area contributed by atoms with Crippen molar-refractivity contribution in [2.45, 2.75) is 37.5 Å². The Labute approximate surface area is 100 Å². The van der Waals surface area contributed by atoms with Gasteiger partial charge < -0.3 is 5.73 Å². The molecule has 0 aromatic heterocycles. The van der Waals surface area contributed by atoms with Gasteiger partial charge in [0.25, 0.3) is 5.92 Å². The average molecular weight is 237 g/mol. The third-order valence-corrected chi connectivity index (χ3v) is 4.54. The third-order valence-electron chi connectivity index (χ3n) is 4.54. The number of hydrogen-bond donors (Lipinski definition) is 1. The summed E-state index contributed by atoms with van der Waals surface area (Å²) in [6.45, 7) is 0.0962. The smallest absolute Gasteiger partial charge is 0.256 e. The van der Waals surface area contributed by atoms with Crippen molar-refractivity contribution in [3.8, 4) is 0 Å². The lowest BCUT2D eigenvalue weighted by atomic mass is 9.73. The van der Waals surface area contributed by atoms with E-state index in [0.29, 0.717) is 0 Å². The highest BCUT2D eigenvalue weighted by Gasteiger charge is 2.73. The number of benzene rings is 1. The SMILES string of the molecule is NCC1(C2CCCc3ccccc32)CC1(F)F. The maximum absolute atomic E-state index is 13.7. The Hall–Kier alpha value is -0.960. The molecule has 0 saturated heterocycles. The first-order valence-corrected chi connectivity index (χ1v) is 6.26. The lowest BCUT2D eigenvalue weighted by Crippen LogP contribution is -2.31. The fraction of sp³-hybridized carbons (Fsp3) is 0.571. The Balaban J connectivity index is 2.01. The number of nitrogens with two attached hydrogens (primary N) is 1. The van der Waals surface area contributed by atoms with Gasteiger partial charge in [-0.05, 0) is 36.3 Å². The summed E-state index contributed by atoms with van der Waals surface area (Å²) in [7, 11) is 0. The highest BCUT2D eigenvalue weighted by atomic mass is 19.3. The summed E-state index contributed by atoms with van der Waals surface area (Å²) in [5.41, 5.74) is 7.05. The topological polar surface area (TPSA) is 26.0 Å². The molecule has 0 radical (unpaired) electrons. The molecule has 0 aliphatic heterocycles. The van der Waals surface area contributed by atoms with Gasteiger partial charge in [0.15, 0.2) is 0 Å². The maximum Gasteiger partial charge on any atom is 0.256 e. The molecule has 3 rings (SSSR count). The van der Waals surface area contributed by atoms with Crippen molar-refractivity contribution in [3.05, 3.63) is 35.4 Å². The minimum absolute atomic E-state index is 0.0322. The van der Waals surface area contributed by atoms with E-state index in [9.17, 15) is 8.78 Å². The van der Waals surface area contributed by atoms with E-state index in [-0.39, 0.29) is 18.9 Å². The molecule has 0 spiro atoms. The highest BCUT2D eigenvalue weighted by molar-refractivity contribution is 5.37. The van der Waals surface area contributed by atoms with E-state index >= 15 is 0 Å². The van der Waals surface area contributed by atoms with Gasteiger partial charge in [-0.2, -0.15) is 0 Å². The van der Waals surface area contributed by atoms with E-state index in [0.717, 1.165) is 24.8 Å². The second kappa shape index (κ2) is 3.52. The van der Waals surface area contributed by atoms with Crippen molar-refractivity contribution in [1.29, 1.82) is 0 Å². The first kappa shape index (κ1) is 11.1. The molecule has 3 heteroatoms. The summed E-state index contributed by atoms with van der Waals surface area (Å²) in [6.07, 6.45) is 2.83. The fourth-order valence-electron chi connectivity index (χ4n) is 3.42. The standard InChI is InChI=1S/C14H17F2N/c15-14(16)8-13(14,9-17)12-7-3-5-10-4-1-2-6-11(10)12/h1-2,4,6,12H,3,5,7-9,17H2. The van der Waals surface area contributed by atoms with Gasteiger partial charge in [0.2, 0.25) is 0 Å². The van der Waals surface area contributed by atoms with E-state index in [2.05, 4.69) is 6.07 Å². The van der Waals surface area contributed by atoms with Crippen LogP contribution in [0.4, 0.5) is 8.78 Å². The van der Waals surface area contributed by atoms with Crippen LogP contribution in [-0.4, -0.2) is 12.5 Å². The predicted molar refractivity (Wildman–Crippen MR) is 63.2 cm³/mol. The average Bonchev–Trinajstić information content (AvgIpc) is 2.92. The summed E-state index contributed by atoms with van der Waals surface area (Å²) < 4.78 is 27.3. The van der Waals surface area contributed by atoms with Gasteiger partial charge in [0.05, 0.1) is 5.41 Å². The highest BCUT2D eigenvalue weighted by Crippen LogP contribution is 2.68. The summed E-state index contributed by atoms with van der Waals surface area (Å²) in [5.74, 6) is -2.61. The molecule has 2 aliphatic carbocycles. The minimum atomic E-state index is -2.56. The van der Waals surface area contributed by atoms with Crippen LogP contribution in [-0.2, 0) is 6.42 Å². The summed E-state index contributed by atoms with van der Waals surface area (Å²) in [5, 5.41) is 0. The largest absolute Gasteiger partial charge is 0.330 e. The van der Waals surface area contributed by atoms with Crippen molar-refractivity contribution in [3.63, 3.8) is 0 Å². The molecule has 1 aromatic carbocycles. The third kappa shape index (κ3) is 1.45. The zero-order chi connectivity index (χ0) is 12.1. The normalized spacial score (nSPS) is 34.2. The Morgan fingerprint density at radius 2 is 2.00 bits per heavy atom. The molecular formula is C14H17F2N. The second-order valence-corrected chi connectivity index (χ2v) is 5.39. The van der Waals surface area contributed by atoms with Crippen LogP contribution in [0.25, 0.3) is 0 Å². The van der Waals surface area contributed by atoms with Gasteiger partial charge in [0.1, 0.15) is 0 Å². The minimum Gasteiger partial charge on any atom is -0.330 e. The molecule has 1 saturated carbocycles. The van der Waals surface area contributed by atoms with Crippen LogP contribution in [0.2, 0.25) is 0 Å². The summed E-state index contributed by atoms with van der Waals surface area (Å²) in [6, 6.07) is 8.00. The van der Waals surface area contributed by atoms with Gasteiger partial charge >= 0.3 is 0 Å². The first-order chi connectivity index (χ1) is 8.11. The van der Waals surface area contributed by atoms with Crippen molar-refractivity contribution in [1.82, 2.24) is 0 Å². The van der Waals surface area contributed by atoms with Crippen LogP contribution in [0, 0.1) is 5.41 Å². The van der Waals surface area contributed by atoms with Gasteiger partial charge in [0, 0.05) is 13.0 Å². The molecule has 2 N–H and O–H groups in total. The molecule has 2 aliphatic rings. The summed E-state index contributed by atoms with van der Waals surface area (Å²) in [4.78, 5) is 0. The van der Waals surface area contributed by atoms with Gasteiger partial charge in [-0.25, -0.2) is 8.78 Å². The Bertz CT molecular complexity index is 444. The van der Waals surface area contributed by atoms with Crippen molar-refractivity contribution >= 4 is 0 Å². The number of fused-ring (bicyclic) bond motifs is 1. The van der Waals surface area contributed by atoms with Crippen LogP contribution in [0.5, 0.6) is 0 Å². The Kier molecular flexibility index (Phi) is 2.31. The number of hydrogen-bond acceptors (Lipinski definition) is 1. The Morgan fingerprint density at radius 1 is 1.29 bits per heavy atom. The Morgan fingerprint density at radius 3 is 2.65 bits per heavy atom. The van der Waals surface area contributed by atoms with E-state index in [1.807, 2.05) is 18.2 Å². The molecule has 0 heterocycles. The molecular weight excluding hydrogens is 220 g/mol. The van der Waals surface area contributed by atoms with Crippen LogP contribution in [0.1, 0.15) is 36.3 Å². The van der Waals surface area contributed by atoms with E-state index in [1.165, 1.54) is 5.56 Å². The van der Waals surface area contributed by atoms with Crippen LogP contribution < -0.4 is 5.73 Å². The molecule has 1 fully saturated rings. The molecule has 1 aromatic rings. The van der Waals surface area contributed by atoms with Crippen molar-refractivity contribution in [2.24, 2.45) is 11.1 Å². The number of rotatable bonds is 2. The van der Waals surface area contributed by atoms with Crippen LogP contribution in [0.15, 0.2) is 24.3 Å². The van der Waals surface area contributed by atoms with Gasteiger partial charge in [-0.15, -0.1) is 0 Å². The van der Waals surface area contributed by atoms with Gasteiger partial charge in [-0.3, -0.25) is 0 Å². The van der Waals surface area contributed by atoms with E-state index < -0.39 is 11.3 Å². The van der Waals surface area contributed by atoms with Crippen molar-refractivity contribution < 1.29 is 8.78 Å². The van der Waals surface area contributed by atoms with E-state index in [4.69, 9.17) is 5.73 Å². The fourth-order valence-corrected chi connectivity index (χ4v) is 3.42. The zero-order valence-electron chi connectivity index (χ0n) is 9.76. The lowest BCUT2D eigenvalue weighted by Gasteiger charge is -2.32. The zero-order valence-corrected chi connectivity index (χ0v) is 9.76. The van der Waals surface area contributed by atoms with Crippen LogP contribution in [0.3, 0.4) is 0 Å². The summed E-state index contributed by atoms with van der Waals surface area (Å²) >= 11 is 0.